The Balaban J connectivity index is 4.19. The molecule has 1 nitrogen and oxygen atoms in total. The molecule has 0 aromatic rings. The maximum Gasteiger partial charge on any atom is 0.155 e. The molecular weight excluding hydrogens is 124 g/mol. The highest BCUT2D eigenvalue weighted by atomic mass is 16.1. The van der Waals surface area contributed by atoms with E-state index in [1.54, 1.807) is 6.92 Å². The fourth-order valence-corrected chi connectivity index (χ4v) is 0.409. The van der Waals surface area contributed by atoms with E-state index in [-0.39, 0.29) is 5.78 Å². The first-order chi connectivity index (χ1) is 4.54. The second-order valence-electron chi connectivity index (χ2n) is 2.65. The van der Waals surface area contributed by atoms with Crippen molar-refractivity contribution in [2.45, 2.75) is 27.7 Å². The number of ketones is 1. The lowest BCUT2D eigenvalue weighted by molar-refractivity contribution is -0.113. The minimum atomic E-state index is 0.137. The summed E-state index contributed by atoms with van der Waals surface area (Å²) in [6, 6.07) is 0. The van der Waals surface area contributed by atoms with Gasteiger partial charge in [-0.05, 0) is 33.3 Å². The van der Waals surface area contributed by atoms with E-state index in [2.05, 4.69) is 0 Å². The average molecular weight is 138 g/mol. The van der Waals surface area contributed by atoms with Gasteiger partial charge in [-0.1, -0.05) is 17.7 Å². The lowest BCUT2D eigenvalue weighted by Crippen LogP contribution is -1.89. The van der Waals surface area contributed by atoms with Gasteiger partial charge in [0.15, 0.2) is 5.78 Å². The van der Waals surface area contributed by atoms with Gasteiger partial charge < -0.3 is 0 Å². The highest BCUT2D eigenvalue weighted by Crippen LogP contribution is 1.96. The Morgan fingerprint density at radius 2 is 1.50 bits per heavy atom. The van der Waals surface area contributed by atoms with Gasteiger partial charge in [-0.15, -0.1) is 0 Å². The van der Waals surface area contributed by atoms with Gasteiger partial charge in [0.1, 0.15) is 0 Å². The molecule has 0 unspecified atom stereocenters. The summed E-state index contributed by atoms with van der Waals surface area (Å²) in [5.41, 5.74) is 2.02. The number of hydrogen-bond acceptors (Lipinski definition) is 1. The Hall–Kier alpha value is -0.850. The zero-order chi connectivity index (χ0) is 8.15. The van der Waals surface area contributed by atoms with Gasteiger partial charge in [-0.25, -0.2) is 0 Å². The standard InChI is InChI=1S/C9H14O/c1-7(2)5-6-8(3)9(4)10/h5-6H,1-4H3/b8-6+. The lowest BCUT2D eigenvalue weighted by Gasteiger charge is -1.89. The second kappa shape index (κ2) is 4.04. The molecule has 0 atom stereocenters. The second-order valence-corrected chi connectivity index (χ2v) is 2.65. The first-order valence-corrected chi connectivity index (χ1v) is 3.36. The van der Waals surface area contributed by atoms with Crippen LogP contribution in [0.15, 0.2) is 23.3 Å². The van der Waals surface area contributed by atoms with E-state index in [1.807, 2.05) is 32.9 Å². The fourth-order valence-electron chi connectivity index (χ4n) is 0.409. The Morgan fingerprint density at radius 3 is 1.80 bits per heavy atom. The molecule has 0 fully saturated rings. The molecule has 10 heavy (non-hydrogen) atoms. The fraction of sp³-hybridized carbons (Fsp3) is 0.444. The summed E-state index contributed by atoms with van der Waals surface area (Å²) in [4.78, 5) is 10.7. The first-order valence-electron chi connectivity index (χ1n) is 3.36. The summed E-state index contributed by atoms with van der Waals surface area (Å²) in [5, 5.41) is 0. The van der Waals surface area contributed by atoms with Gasteiger partial charge in [-0.3, -0.25) is 4.79 Å². The molecule has 0 heterocycles. The van der Waals surface area contributed by atoms with Crippen LogP contribution in [0, 0.1) is 0 Å². The van der Waals surface area contributed by atoms with Gasteiger partial charge in [0.2, 0.25) is 0 Å². The number of hydrogen-bond donors (Lipinski definition) is 0. The van der Waals surface area contributed by atoms with Crippen LogP contribution in [-0.4, -0.2) is 5.78 Å². The van der Waals surface area contributed by atoms with E-state index in [9.17, 15) is 4.79 Å². The molecule has 0 aliphatic heterocycles. The molecule has 0 bridgehead atoms. The van der Waals surface area contributed by atoms with E-state index in [4.69, 9.17) is 0 Å². The van der Waals surface area contributed by atoms with Crippen molar-refractivity contribution in [1.82, 2.24) is 0 Å². The van der Waals surface area contributed by atoms with E-state index < -0.39 is 0 Å². The SMILES string of the molecule is CC(=O)/C(C)=C/C=C(C)C. The molecule has 0 rings (SSSR count). The zero-order valence-electron chi connectivity index (χ0n) is 7.06. The minimum absolute atomic E-state index is 0.137. The van der Waals surface area contributed by atoms with Crippen LogP contribution >= 0.6 is 0 Å². The van der Waals surface area contributed by atoms with Crippen molar-refractivity contribution in [3.8, 4) is 0 Å². The molecule has 0 saturated heterocycles. The number of carbonyl (C=O) groups is 1. The number of carbonyl (C=O) groups excluding carboxylic acids is 1. The lowest BCUT2D eigenvalue weighted by atomic mass is 10.2. The van der Waals surface area contributed by atoms with Crippen molar-refractivity contribution in [3.63, 3.8) is 0 Å². The third kappa shape index (κ3) is 4.07. The summed E-state index contributed by atoms with van der Waals surface area (Å²) in [6.07, 6.45) is 3.79. The summed E-state index contributed by atoms with van der Waals surface area (Å²) >= 11 is 0. The van der Waals surface area contributed by atoms with Crippen molar-refractivity contribution in [3.05, 3.63) is 23.3 Å². The Bertz CT molecular complexity index is 181. The predicted molar refractivity (Wildman–Crippen MR) is 43.9 cm³/mol. The number of allylic oxidation sites excluding steroid dienone is 4. The van der Waals surface area contributed by atoms with Crippen molar-refractivity contribution in [2.75, 3.05) is 0 Å². The Kier molecular flexibility index (Phi) is 3.70. The van der Waals surface area contributed by atoms with Crippen molar-refractivity contribution in [2.24, 2.45) is 0 Å². The van der Waals surface area contributed by atoms with Crippen LogP contribution in [0.1, 0.15) is 27.7 Å². The Labute approximate surface area is 62.4 Å². The van der Waals surface area contributed by atoms with Gasteiger partial charge >= 0.3 is 0 Å². The average Bonchev–Trinajstić information content (AvgIpc) is 1.82. The van der Waals surface area contributed by atoms with E-state index in [1.165, 1.54) is 5.57 Å². The van der Waals surface area contributed by atoms with E-state index >= 15 is 0 Å². The van der Waals surface area contributed by atoms with E-state index in [0.717, 1.165) is 5.57 Å². The topological polar surface area (TPSA) is 17.1 Å². The van der Waals surface area contributed by atoms with Crippen molar-refractivity contribution >= 4 is 5.78 Å². The van der Waals surface area contributed by atoms with E-state index in [0.29, 0.717) is 0 Å². The maximum atomic E-state index is 10.7. The molecule has 0 saturated carbocycles. The van der Waals surface area contributed by atoms with Gasteiger partial charge in [0.05, 0.1) is 0 Å². The molecule has 0 aromatic heterocycles. The molecule has 0 N–H and O–H groups in total. The van der Waals surface area contributed by atoms with Gasteiger partial charge in [-0.2, -0.15) is 0 Å². The van der Waals surface area contributed by atoms with Crippen LogP contribution in [0.3, 0.4) is 0 Å². The minimum Gasteiger partial charge on any atom is -0.295 e. The molecule has 0 aliphatic carbocycles. The number of rotatable bonds is 2. The smallest absolute Gasteiger partial charge is 0.155 e. The monoisotopic (exact) mass is 138 g/mol. The normalized spacial score (nSPS) is 11.0. The molecule has 1 heteroatoms. The third-order valence-corrected chi connectivity index (χ3v) is 1.22. The molecule has 56 valence electrons. The highest BCUT2D eigenvalue weighted by molar-refractivity contribution is 5.92. The van der Waals surface area contributed by atoms with Crippen LogP contribution in [0.5, 0.6) is 0 Å². The molecular formula is C9H14O. The first kappa shape index (κ1) is 9.15. The molecule has 0 amide bonds. The van der Waals surface area contributed by atoms with Crippen LogP contribution in [0.2, 0.25) is 0 Å². The maximum absolute atomic E-state index is 10.7. The molecule has 0 spiro atoms. The molecule has 0 aliphatic rings. The van der Waals surface area contributed by atoms with Crippen LogP contribution in [-0.2, 0) is 4.79 Å². The largest absolute Gasteiger partial charge is 0.295 e. The Morgan fingerprint density at radius 1 is 1.00 bits per heavy atom. The van der Waals surface area contributed by atoms with Crippen LogP contribution < -0.4 is 0 Å². The highest BCUT2D eigenvalue weighted by Gasteiger charge is 1.91. The quantitative estimate of drug-likeness (QED) is 0.423. The van der Waals surface area contributed by atoms with Crippen LogP contribution in [0.25, 0.3) is 0 Å². The summed E-state index contributed by atoms with van der Waals surface area (Å²) in [7, 11) is 0. The summed E-state index contributed by atoms with van der Waals surface area (Å²) in [6.45, 7) is 7.40. The van der Waals surface area contributed by atoms with Crippen LogP contribution in [0.4, 0.5) is 0 Å². The number of Topliss-reactive ketones (excluding diaryl/α,β-unsaturated/α-hetero) is 1. The van der Waals surface area contributed by atoms with Gasteiger partial charge in [0, 0.05) is 0 Å². The zero-order valence-corrected chi connectivity index (χ0v) is 7.06. The molecule has 0 radical (unpaired) electrons. The van der Waals surface area contributed by atoms with Crippen molar-refractivity contribution in [1.29, 1.82) is 0 Å². The molecule has 0 aromatic carbocycles. The van der Waals surface area contributed by atoms with Crippen molar-refractivity contribution < 1.29 is 4.79 Å². The van der Waals surface area contributed by atoms with Gasteiger partial charge in [0.25, 0.3) is 0 Å². The summed E-state index contributed by atoms with van der Waals surface area (Å²) < 4.78 is 0. The third-order valence-electron chi connectivity index (χ3n) is 1.22. The predicted octanol–water partition coefficient (Wildman–Crippen LogP) is 2.49. The summed E-state index contributed by atoms with van der Waals surface area (Å²) in [5.74, 6) is 0.137.